The lowest BCUT2D eigenvalue weighted by molar-refractivity contribution is 0.628. The van der Waals surface area contributed by atoms with E-state index in [9.17, 15) is 4.39 Å². The molecule has 0 aliphatic rings. The highest BCUT2D eigenvalue weighted by Crippen LogP contribution is 2.37. The van der Waals surface area contributed by atoms with Crippen LogP contribution in [0.2, 0.25) is 0 Å². The van der Waals surface area contributed by atoms with Gasteiger partial charge in [-0.05, 0) is 24.6 Å². The number of hydrogen-bond acceptors (Lipinski definition) is 5. The van der Waals surface area contributed by atoms with Crippen molar-refractivity contribution >= 4 is 45.1 Å². The van der Waals surface area contributed by atoms with Crippen molar-refractivity contribution in [3.05, 3.63) is 35.7 Å². The number of nitrogens with zero attached hydrogens (tertiary/aromatic N) is 2. The van der Waals surface area contributed by atoms with Crippen molar-refractivity contribution in [3.8, 4) is 11.1 Å². The summed E-state index contributed by atoms with van der Waals surface area (Å²) in [6, 6.07) is 5.33. The average Bonchev–Trinajstić information content (AvgIpc) is 2.90. The van der Waals surface area contributed by atoms with E-state index in [0.717, 1.165) is 25.7 Å². The lowest BCUT2D eigenvalue weighted by atomic mass is 10.1. The van der Waals surface area contributed by atoms with Crippen LogP contribution in [0.5, 0.6) is 0 Å². The van der Waals surface area contributed by atoms with Gasteiger partial charge in [-0.25, -0.2) is 14.4 Å². The number of thioether (sulfide) groups is 2. The molecule has 0 unspecified atom stereocenters. The summed E-state index contributed by atoms with van der Waals surface area (Å²) in [5.41, 5.74) is 2.26. The predicted molar refractivity (Wildman–Crippen MR) is 93.6 cm³/mol. The van der Waals surface area contributed by atoms with Gasteiger partial charge in [-0.3, -0.25) is 0 Å². The monoisotopic (exact) mass is 358 g/mol. The molecule has 22 heavy (non-hydrogen) atoms. The molecular weight excluding hydrogens is 343 g/mol. The molecule has 0 saturated carbocycles. The van der Waals surface area contributed by atoms with E-state index >= 15 is 0 Å². The second kappa shape index (κ2) is 7.89. The number of fused-ring (bicyclic) bond motifs is 1. The van der Waals surface area contributed by atoms with Crippen molar-refractivity contribution in [3.63, 3.8) is 0 Å². The van der Waals surface area contributed by atoms with Crippen LogP contribution in [-0.2, 0) is 0 Å². The third-order valence-electron chi connectivity index (χ3n) is 2.98. The van der Waals surface area contributed by atoms with E-state index in [4.69, 9.17) is 0 Å². The summed E-state index contributed by atoms with van der Waals surface area (Å²) in [5, 5.41) is 2.89. The number of thiophene rings is 1. The number of rotatable bonds is 3. The largest absolute Gasteiger partial charge is 0.412 e. The van der Waals surface area contributed by atoms with Gasteiger partial charge in [0.05, 0.1) is 10.2 Å². The number of hydrogen-bond donors (Lipinski definition) is 0. The molecule has 118 valence electrons. The van der Waals surface area contributed by atoms with Gasteiger partial charge < -0.3 is 11.0 Å². The molecule has 2 heterocycles. The molecule has 4 N–H and O–H groups in total. The SMILES string of the molecule is CSc1ccc(-c2csc3c(SC)ncnc23)c(F)c1.O.O. The van der Waals surface area contributed by atoms with E-state index in [1.165, 1.54) is 11.8 Å². The quantitative estimate of drug-likeness (QED) is 0.531. The Morgan fingerprint density at radius 2 is 1.82 bits per heavy atom. The third-order valence-corrected chi connectivity index (χ3v) is 5.51. The van der Waals surface area contributed by atoms with Gasteiger partial charge in [-0.1, -0.05) is 6.07 Å². The molecule has 0 bridgehead atoms. The van der Waals surface area contributed by atoms with Gasteiger partial charge in [0.25, 0.3) is 0 Å². The maximum Gasteiger partial charge on any atom is 0.132 e. The smallest absolute Gasteiger partial charge is 0.132 e. The zero-order chi connectivity index (χ0) is 14.1. The molecule has 3 aromatic rings. The maximum atomic E-state index is 14.3. The molecular formula is C14H15FN2O2S3. The molecule has 1 aromatic carbocycles. The van der Waals surface area contributed by atoms with Gasteiger partial charge in [0, 0.05) is 21.4 Å². The van der Waals surface area contributed by atoms with E-state index in [1.807, 2.05) is 30.0 Å². The van der Waals surface area contributed by atoms with Crippen molar-refractivity contribution in [1.82, 2.24) is 9.97 Å². The highest BCUT2D eigenvalue weighted by Gasteiger charge is 2.14. The maximum absolute atomic E-state index is 14.3. The number of benzene rings is 1. The Bertz CT molecular complexity index is 780. The molecule has 0 spiro atoms. The fourth-order valence-corrected chi connectivity index (χ4v) is 4.16. The Hall–Kier alpha value is -1.19. The zero-order valence-electron chi connectivity index (χ0n) is 11.9. The number of aromatic nitrogens is 2. The molecule has 0 amide bonds. The fourth-order valence-electron chi connectivity index (χ4n) is 2.01. The molecule has 3 rings (SSSR count). The van der Waals surface area contributed by atoms with Gasteiger partial charge in [0.1, 0.15) is 17.2 Å². The summed E-state index contributed by atoms with van der Waals surface area (Å²) >= 11 is 4.67. The highest BCUT2D eigenvalue weighted by molar-refractivity contribution is 7.99. The molecule has 0 saturated heterocycles. The standard InChI is InChI=1S/C14H11FN2S3.2H2O/c1-18-8-3-4-9(11(15)5-8)10-6-20-13-12(10)16-7-17-14(13)19-2;;/h3-7H,1-2H3;2*1H2. The van der Waals surface area contributed by atoms with Gasteiger partial charge in [-0.15, -0.1) is 34.9 Å². The van der Waals surface area contributed by atoms with Crippen molar-refractivity contribution in [1.29, 1.82) is 0 Å². The van der Waals surface area contributed by atoms with Gasteiger partial charge in [-0.2, -0.15) is 0 Å². The summed E-state index contributed by atoms with van der Waals surface area (Å²) in [4.78, 5) is 9.49. The molecule has 8 heteroatoms. The summed E-state index contributed by atoms with van der Waals surface area (Å²) in [6.07, 6.45) is 5.46. The molecule has 2 aromatic heterocycles. The van der Waals surface area contributed by atoms with E-state index in [2.05, 4.69) is 9.97 Å². The Morgan fingerprint density at radius 3 is 2.45 bits per heavy atom. The Balaban J connectivity index is 0.00000121. The van der Waals surface area contributed by atoms with Crippen LogP contribution in [0.1, 0.15) is 0 Å². The minimum Gasteiger partial charge on any atom is -0.412 e. The second-order valence-electron chi connectivity index (χ2n) is 4.06. The Labute approximate surface area is 139 Å². The summed E-state index contributed by atoms with van der Waals surface area (Å²) < 4.78 is 15.3. The third kappa shape index (κ3) is 3.26. The topological polar surface area (TPSA) is 88.8 Å². The van der Waals surface area contributed by atoms with Crippen molar-refractivity contribution < 1.29 is 15.3 Å². The van der Waals surface area contributed by atoms with Crippen LogP contribution >= 0.6 is 34.9 Å². The van der Waals surface area contributed by atoms with Gasteiger partial charge in [0.2, 0.25) is 0 Å². The Morgan fingerprint density at radius 1 is 1.05 bits per heavy atom. The van der Waals surface area contributed by atoms with Crippen LogP contribution in [0.25, 0.3) is 21.3 Å². The van der Waals surface area contributed by atoms with Crippen LogP contribution in [0.15, 0.2) is 39.8 Å². The fraction of sp³-hybridized carbons (Fsp3) is 0.143. The molecule has 0 radical (unpaired) electrons. The van der Waals surface area contributed by atoms with Crippen LogP contribution in [0.4, 0.5) is 4.39 Å². The zero-order valence-corrected chi connectivity index (χ0v) is 14.3. The van der Waals surface area contributed by atoms with E-state index in [0.29, 0.717) is 5.56 Å². The first-order chi connectivity index (χ1) is 9.74. The molecule has 4 nitrogen and oxygen atoms in total. The summed E-state index contributed by atoms with van der Waals surface area (Å²) in [7, 11) is 0. The Kier molecular flexibility index (Phi) is 6.76. The molecule has 0 aliphatic heterocycles. The van der Waals surface area contributed by atoms with E-state index in [-0.39, 0.29) is 16.8 Å². The predicted octanol–water partition coefficient (Wildman–Crippen LogP) is 3.29. The van der Waals surface area contributed by atoms with E-state index in [1.54, 1.807) is 35.5 Å². The normalized spacial score (nSPS) is 10.1. The average molecular weight is 358 g/mol. The van der Waals surface area contributed by atoms with Crippen molar-refractivity contribution in [2.24, 2.45) is 0 Å². The summed E-state index contributed by atoms with van der Waals surface area (Å²) in [5.74, 6) is -0.208. The molecule has 0 aliphatic carbocycles. The van der Waals surface area contributed by atoms with Crippen molar-refractivity contribution in [2.45, 2.75) is 9.92 Å². The molecule has 0 fully saturated rings. The van der Waals surface area contributed by atoms with Crippen LogP contribution in [0.3, 0.4) is 0 Å². The van der Waals surface area contributed by atoms with Crippen LogP contribution in [0, 0.1) is 5.82 Å². The first kappa shape index (κ1) is 18.9. The summed E-state index contributed by atoms with van der Waals surface area (Å²) in [6.45, 7) is 0. The van der Waals surface area contributed by atoms with Crippen molar-refractivity contribution in [2.75, 3.05) is 12.5 Å². The van der Waals surface area contributed by atoms with Gasteiger partial charge >= 0.3 is 0 Å². The lowest BCUT2D eigenvalue weighted by Crippen LogP contribution is -1.87. The first-order valence-electron chi connectivity index (χ1n) is 5.84. The second-order valence-corrected chi connectivity index (χ2v) is 6.61. The van der Waals surface area contributed by atoms with Crippen LogP contribution < -0.4 is 0 Å². The molecule has 0 atom stereocenters. The lowest BCUT2D eigenvalue weighted by Gasteiger charge is -2.04. The van der Waals surface area contributed by atoms with E-state index < -0.39 is 0 Å². The van der Waals surface area contributed by atoms with Crippen LogP contribution in [-0.4, -0.2) is 33.4 Å². The minimum absolute atomic E-state index is 0. The number of halogens is 1. The van der Waals surface area contributed by atoms with Gasteiger partial charge in [0.15, 0.2) is 0 Å². The minimum atomic E-state index is -0.208. The first-order valence-corrected chi connectivity index (χ1v) is 9.17. The highest BCUT2D eigenvalue weighted by atomic mass is 32.2.